The van der Waals surface area contributed by atoms with Crippen molar-refractivity contribution >= 4 is 17.3 Å². The van der Waals surface area contributed by atoms with Crippen LogP contribution in [0.3, 0.4) is 0 Å². The third-order valence-electron chi connectivity index (χ3n) is 5.73. The van der Waals surface area contributed by atoms with Crippen molar-refractivity contribution in [3.63, 3.8) is 0 Å². The van der Waals surface area contributed by atoms with Crippen LogP contribution in [-0.2, 0) is 11.2 Å². The molecule has 1 N–H and O–H groups in total. The lowest BCUT2D eigenvalue weighted by atomic mass is 10.0. The van der Waals surface area contributed by atoms with Crippen molar-refractivity contribution in [2.75, 3.05) is 49.6 Å². The van der Waals surface area contributed by atoms with Crippen LogP contribution in [0.4, 0.5) is 17.3 Å². The van der Waals surface area contributed by atoms with Gasteiger partial charge >= 0.3 is 0 Å². The fourth-order valence-electron chi connectivity index (χ4n) is 3.96. The highest BCUT2D eigenvalue weighted by atomic mass is 16.5. The van der Waals surface area contributed by atoms with E-state index in [4.69, 9.17) is 4.74 Å². The summed E-state index contributed by atoms with van der Waals surface area (Å²) in [6, 6.07) is 7.26. The van der Waals surface area contributed by atoms with Crippen LogP contribution in [-0.4, -0.2) is 75.1 Å². The summed E-state index contributed by atoms with van der Waals surface area (Å²) in [7, 11) is 0. The van der Waals surface area contributed by atoms with Gasteiger partial charge in [-0.3, -0.25) is 4.90 Å². The standard InChI is InChI=1S/C21H26N8O/c1-2-16-7-17(25-21-24-15-29(26-21)19-10-22-14-23-11-19)9-18(8-16)28-12-20(13-28)27-3-5-30-6-4-27/h7-11,14-15,20H,2-6,12-13H2,1H3,(H,25,26). The molecule has 0 bridgehead atoms. The van der Waals surface area contributed by atoms with Crippen LogP contribution in [0.2, 0.25) is 0 Å². The maximum Gasteiger partial charge on any atom is 0.246 e. The molecule has 0 aliphatic carbocycles. The van der Waals surface area contributed by atoms with E-state index in [0.717, 1.165) is 57.2 Å². The van der Waals surface area contributed by atoms with Crippen molar-refractivity contribution in [2.24, 2.45) is 0 Å². The van der Waals surface area contributed by atoms with Gasteiger partial charge < -0.3 is 15.0 Å². The third-order valence-corrected chi connectivity index (χ3v) is 5.73. The number of hydrogen-bond donors (Lipinski definition) is 1. The number of morpholine rings is 1. The molecule has 30 heavy (non-hydrogen) atoms. The lowest BCUT2D eigenvalue weighted by molar-refractivity contribution is 0.0105. The number of benzene rings is 1. The van der Waals surface area contributed by atoms with Crippen molar-refractivity contribution in [1.29, 1.82) is 0 Å². The molecule has 0 radical (unpaired) electrons. The van der Waals surface area contributed by atoms with Crippen molar-refractivity contribution in [2.45, 2.75) is 19.4 Å². The smallest absolute Gasteiger partial charge is 0.246 e. The molecule has 9 heteroatoms. The molecule has 5 rings (SSSR count). The zero-order chi connectivity index (χ0) is 20.3. The van der Waals surface area contributed by atoms with Crippen LogP contribution in [0.1, 0.15) is 12.5 Å². The van der Waals surface area contributed by atoms with Gasteiger partial charge in [-0.15, -0.1) is 5.10 Å². The Hall–Kier alpha value is -3.04. The Kier molecular flexibility index (Phi) is 5.29. The summed E-state index contributed by atoms with van der Waals surface area (Å²) in [6.45, 7) is 8.09. The monoisotopic (exact) mass is 406 g/mol. The minimum absolute atomic E-state index is 0.549. The Bertz CT molecular complexity index is 980. The summed E-state index contributed by atoms with van der Waals surface area (Å²) >= 11 is 0. The van der Waals surface area contributed by atoms with Gasteiger partial charge in [-0.25, -0.2) is 14.6 Å². The number of hydrogen-bond acceptors (Lipinski definition) is 8. The van der Waals surface area contributed by atoms with Crippen molar-refractivity contribution in [1.82, 2.24) is 29.6 Å². The van der Waals surface area contributed by atoms with E-state index in [1.54, 1.807) is 23.4 Å². The molecule has 4 heterocycles. The van der Waals surface area contributed by atoms with Gasteiger partial charge in [0, 0.05) is 43.6 Å². The number of ether oxygens (including phenoxy) is 1. The normalized spacial score (nSPS) is 17.7. The van der Waals surface area contributed by atoms with Gasteiger partial charge in [-0.1, -0.05) is 6.92 Å². The lowest BCUT2D eigenvalue weighted by Crippen LogP contribution is -2.61. The summed E-state index contributed by atoms with van der Waals surface area (Å²) in [5.41, 5.74) is 4.31. The second-order valence-corrected chi connectivity index (χ2v) is 7.68. The molecule has 2 aliphatic heterocycles. The molecule has 0 saturated carbocycles. The SMILES string of the molecule is CCc1cc(Nc2ncn(-c3cncnc3)n2)cc(N2CC(N3CCOCC3)C2)c1. The quantitative estimate of drug-likeness (QED) is 0.664. The zero-order valence-corrected chi connectivity index (χ0v) is 17.1. The first kappa shape index (κ1) is 19.0. The van der Waals surface area contributed by atoms with E-state index >= 15 is 0 Å². The zero-order valence-electron chi connectivity index (χ0n) is 17.1. The number of aryl methyl sites for hydroxylation is 1. The first-order chi connectivity index (χ1) is 14.8. The Labute approximate surface area is 175 Å². The summed E-state index contributed by atoms with van der Waals surface area (Å²) in [4.78, 5) is 17.4. The fourth-order valence-corrected chi connectivity index (χ4v) is 3.96. The van der Waals surface area contributed by atoms with Crippen LogP contribution in [0, 0.1) is 0 Å². The molecule has 0 atom stereocenters. The molecule has 0 unspecified atom stereocenters. The van der Waals surface area contributed by atoms with Gasteiger partial charge in [0.05, 0.1) is 25.6 Å². The summed E-state index contributed by atoms with van der Waals surface area (Å²) < 4.78 is 7.14. The highest BCUT2D eigenvalue weighted by Crippen LogP contribution is 2.29. The van der Waals surface area contributed by atoms with E-state index in [0.29, 0.717) is 12.0 Å². The van der Waals surface area contributed by atoms with Crippen LogP contribution < -0.4 is 10.2 Å². The van der Waals surface area contributed by atoms with E-state index in [9.17, 15) is 0 Å². The second-order valence-electron chi connectivity index (χ2n) is 7.68. The number of nitrogens with zero attached hydrogens (tertiary/aromatic N) is 7. The molecule has 2 fully saturated rings. The molecule has 2 aromatic heterocycles. The van der Waals surface area contributed by atoms with Crippen molar-refractivity contribution < 1.29 is 4.74 Å². The average molecular weight is 406 g/mol. The van der Waals surface area contributed by atoms with Crippen LogP contribution >= 0.6 is 0 Å². The van der Waals surface area contributed by atoms with E-state index in [1.807, 2.05) is 0 Å². The second kappa shape index (κ2) is 8.37. The van der Waals surface area contributed by atoms with Crippen LogP contribution in [0.5, 0.6) is 0 Å². The minimum Gasteiger partial charge on any atom is -0.379 e. The predicted octanol–water partition coefficient (Wildman–Crippen LogP) is 1.88. The molecule has 2 saturated heterocycles. The molecule has 0 spiro atoms. The summed E-state index contributed by atoms with van der Waals surface area (Å²) in [6.07, 6.45) is 7.54. The maximum atomic E-state index is 5.48. The largest absolute Gasteiger partial charge is 0.379 e. The summed E-state index contributed by atoms with van der Waals surface area (Å²) in [5.74, 6) is 0.549. The highest BCUT2D eigenvalue weighted by molar-refractivity contribution is 5.65. The highest BCUT2D eigenvalue weighted by Gasteiger charge is 2.32. The molecule has 3 aromatic rings. The predicted molar refractivity (Wildman–Crippen MR) is 114 cm³/mol. The molecule has 9 nitrogen and oxygen atoms in total. The molecule has 2 aliphatic rings. The van der Waals surface area contributed by atoms with E-state index < -0.39 is 0 Å². The van der Waals surface area contributed by atoms with Crippen molar-refractivity contribution in [3.8, 4) is 5.69 Å². The number of aromatic nitrogens is 5. The fraction of sp³-hybridized carbons (Fsp3) is 0.429. The van der Waals surface area contributed by atoms with E-state index in [-0.39, 0.29) is 0 Å². The van der Waals surface area contributed by atoms with Gasteiger partial charge in [-0.05, 0) is 30.2 Å². The van der Waals surface area contributed by atoms with E-state index in [2.05, 4.69) is 60.3 Å². The summed E-state index contributed by atoms with van der Waals surface area (Å²) in [5, 5.41) is 7.84. The topological polar surface area (TPSA) is 84.2 Å². The van der Waals surface area contributed by atoms with Crippen LogP contribution in [0.25, 0.3) is 5.69 Å². The maximum absolute atomic E-state index is 5.48. The molecule has 0 amide bonds. The molecule has 156 valence electrons. The Morgan fingerprint density at radius 1 is 1.07 bits per heavy atom. The van der Waals surface area contributed by atoms with Gasteiger partial charge in [0.25, 0.3) is 0 Å². The first-order valence-electron chi connectivity index (χ1n) is 10.4. The molecular weight excluding hydrogens is 380 g/mol. The number of rotatable bonds is 6. The Balaban J connectivity index is 1.29. The Morgan fingerprint density at radius 3 is 2.63 bits per heavy atom. The minimum atomic E-state index is 0.549. The Morgan fingerprint density at radius 2 is 1.87 bits per heavy atom. The van der Waals surface area contributed by atoms with Crippen LogP contribution in [0.15, 0.2) is 43.2 Å². The first-order valence-corrected chi connectivity index (χ1v) is 10.4. The molecular formula is C21H26N8O. The number of anilines is 3. The number of nitrogens with one attached hydrogen (secondary N) is 1. The lowest BCUT2D eigenvalue weighted by Gasteiger charge is -2.47. The van der Waals surface area contributed by atoms with Gasteiger partial charge in [0.15, 0.2) is 0 Å². The van der Waals surface area contributed by atoms with Crippen molar-refractivity contribution in [3.05, 3.63) is 48.8 Å². The third kappa shape index (κ3) is 3.99. The van der Waals surface area contributed by atoms with Gasteiger partial charge in [0.1, 0.15) is 18.3 Å². The molecule has 1 aromatic carbocycles. The van der Waals surface area contributed by atoms with Gasteiger partial charge in [0.2, 0.25) is 5.95 Å². The van der Waals surface area contributed by atoms with Gasteiger partial charge in [-0.2, -0.15) is 4.98 Å². The average Bonchev–Trinajstić information content (AvgIpc) is 3.22. The van der Waals surface area contributed by atoms with E-state index in [1.165, 1.54) is 17.6 Å².